The van der Waals surface area contributed by atoms with Gasteiger partial charge in [0.1, 0.15) is 17.0 Å². The van der Waals surface area contributed by atoms with Gasteiger partial charge in [0.2, 0.25) is 0 Å². The molecule has 126 valence electrons. The molecule has 0 saturated carbocycles. The highest BCUT2D eigenvalue weighted by molar-refractivity contribution is 5.99. The van der Waals surface area contributed by atoms with E-state index >= 15 is 0 Å². The Labute approximate surface area is 138 Å². The number of amides is 2. The monoisotopic (exact) mass is 330 g/mol. The molecule has 2 rings (SSSR count). The average molecular weight is 330 g/mol. The van der Waals surface area contributed by atoms with E-state index in [4.69, 9.17) is 9.84 Å². The second-order valence-corrected chi connectivity index (χ2v) is 5.31. The predicted molar refractivity (Wildman–Crippen MR) is 88.2 cm³/mol. The maximum Gasteiger partial charge on any atom is 0.405 e. The van der Waals surface area contributed by atoms with Gasteiger partial charge in [-0.3, -0.25) is 4.79 Å². The van der Waals surface area contributed by atoms with Crippen molar-refractivity contribution in [2.75, 3.05) is 11.9 Å². The van der Waals surface area contributed by atoms with Crippen LogP contribution in [0.5, 0.6) is 11.5 Å². The van der Waals surface area contributed by atoms with E-state index in [1.165, 1.54) is 6.92 Å². The first-order chi connectivity index (χ1) is 11.4. The van der Waals surface area contributed by atoms with Crippen molar-refractivity contribution >= 4 is 17.7 Å². The summed E-state index contributed by atoms with van der Waals surface area (Å²) in [5, 5.41) is 22.6. The van der Waals surface area contributed by atoms with E-state index in [-0.39, 0.29) is 0 Å². The van der Waals surface area contributed by atoms with E-state index < -0.39 is 24.1 Å². The summed E-state index contributed by atoms with van der Waals surface area (Å²) in [5.74, 6) is 0.615. The second kappa shape index (κ2) is 7.47. The van der Waals surface area contributed by atoms with Crippen LogP contribution in [0.1, 0.15) is 6.92 Å². The molecule has 0 spiro atoms. The van der Waals surface area contributed by atoms with Crippen molar-refractivity contribution in [2.45, 2.75) is 12.5 Å². The van der Waals surface area contributed by atoms with Gasteiger partial charge >= 0.3 is 6.09 Å². The van der Waals surface area contributed by atoms with E-state index in [0.717, 1.165) is 0 Å². The zero-order chi connectivity index (χ0) is 17.6. The Balaban J connectivity index is 2.03. The van der Waals surface area contributed by atoms with Crippen molar-refractivity contribution in [2.24, 2.45) is 0 Å². The van der Waals surface area contributed by atoms with Crippen LogP contribution >= 0.6 is 0 Å². The molecule has 0 heterocycles. The summed E-state index contributed by atoms with van der Waals surface area (Å²) < 4.78 is 5.64. The number of anilines is 1. The fourth-order valence-corrected chi connectivity index (χ4v) is 1.90. The van der Waals surface area contributed by atoms with Gasteiger partial charge in [0.05, 0.1) is 6.61 Å². The topological polar surface area (TPSA) is 108 Å². The van der Waals surface area contributed by atoms with Crippen LogP contribution in [0.15, 0.2) is 54.6 Å². The van der Waals surface area contributed by atoms with E-state index in [1.807, 2.05) is 35.6 Å². The number of rotatable bonds is 6. The molecule has 0 aliphatic rings. The van der Waals surface area contributed by atoms with Crippen LogP contribution < -0.4 is 15.4 Å². The number of carbonyl (C=O) groups is 2. The Morgan fingerprint density at radius 1 is 1.04 bits per heavy atom. The van der Waals surface area contributed by atoms with Gasteiger partial charge in [-0.2, -0.15) is 0 Å². The van der Waals surface area contributed by atoms with Gasteiger partial charge in [0.25, 0.3) is 5.91 Å². The molecule has 7 heteroatoms. The molecule has 2 aromatic carbocycles. The molecular formula is C17H18N2O5. The van der Waals surface area contributed by atoms with E-state index in [1.54, 1.807) is 24.3 Å². The lowest BCUT2D eigenvalue weighted by Gasteiger charge is -2.25. The third-order valence-electron chi connectivity index (χ3n) is 3.29. The number of hydrogen-bond acceptors (Lipinski definition) is 4. The highest BCUT2D eigenvalue weighted by atomic mass is 16.5. The van der Waals surface area contributed by atoms with Crippen molar-refractivity contribution in [3.05, 3.63) is 54.6 Å². The zero-order valence-corrected chi connectivity index (χ0v) is 13.0. The summed E-state index contributed by atoms with van der Waals surface area (Å²) in [7, 11) is 0. The van der Waals surface area contributed by atoms with Crippen LogP contribution in [0, 0.1) is 0 Å². The molecule has 0 unspecified atom stereocenters. The lowest BCUT2D eigenvalue weighted by Crippen LogP contribution is -2.56. The smallest absolute Gasteiger partial charge is 0.405 e. The highest BCUT2D eigenvalue weighted by Crippen LogP contribution is 2.23. The highest BCUT2D eigenvalue weighted by Gasteiger charge is 2.34. The molecular weight excluding hydrogens is 312 g/mol. The molecule has 0 aliphatic carbocycles. The second-order valence-electron chi connectivity index (χ2n) is 5.31. The molecule has 7 nitrogen and oxygen atoms in total. The molecule has 0 fully saturated rings. The first-order valence-electron chi connectivity index (χ1n) is 7.19. The zero-order valence-electron chi connectivity index (χ0n) is 13.0. The summed E-state index contributed by atoms with van der Waals surface area (Å²) >= 11 is 0. The first-order valence-corrected chi connectivity index (χ1v) is 7.19. The Morgan fingerprint density at radius 3 is 2.17 bits per heavy atom. The minimum atomic E-state index is -1.63. The molecule has 4 N–H and O–H groups in total. The van der Waals surface area contributed by atoms with Crippen LogP contribution in [-0.4, -0.2) is 34.4 Å². The maximum absolute atomic E-state index is 12.1. The molecule has 1 atom stereocenters. The molecule has 24 heavy (non-hydrogen) atoms. The van der Waals surface area contributed by atoms with Crippen molar-refractivity contribution in [3.63, 3.8) is 0 Å². The summed E-state index contributed by atoms with van der Waals surface area (Å²) in [6.45, 7) is 0.629. The number of benzene rings is 2. The Kier molecular flexibility index (Phi) is 5.39. The summed E-state index contributed by atoms with van der Waals surface area (Å²) in [4.78, 5) is 22.9. The van der Waals surface area contributed by atoms with E-state index in [9.17, 15) is 14.7 Å². The molecule has 0 aliphatic heterocycles. The minimum absolute atomic E-state index is 0.451. The summed E-state index contributed by atoms with van der Waals surface area (Å²) in [6, 6.07) is 15.8. The first kappa shape index (κ1) is 17.3. The fourth-order valence-electron chi connectivity index (χ4n) is 1.90. The van der Waals surface area contributed by atoms with Crippen LogP contribution in [0.25, 0.3) is 0 Å². The molecule has 0 radical (unpaired) electrons. The lowest BCUT2D eigenvalue weighted by molar-refractivity contribution is -0.123. The third-order valence-corrected chi connectivity index (χ3v) is 3.29. The number of hydrogen-bond donors (Lipinski definition) is 4. The molecule has 0 saturated heterocycles. The number of carboxylic acid groups (broad SMARTS) is 1. The van der Waals surface area contributed by atoms with Crippen molar-refractivity contribution in [1.29, 1.82) is 0 Å². The minimum Gasteiger partial charge on any atom is -0.465 e. The Hall–Kier alpha value is -3.06. The normalized spacial score (nSPS) is 12.8. The fraction of sp³-hybridized carbons (Fsp3) is 0.176. The quantitative estimate of drug-likeness (QED) is 0.650. The third kappa shape index (κ3) is 4.47. The van der Waals surface area contributed by atoms with Crippen LogP contribution in [-0.2, 0) is 4.79 Å². The summed E-state index contributed by atoms with van der Waals surface area (Å²) in [6.07, 6.45) is -1.40. The van der Waals surface area contributed by atoms with E-state index in [0.29, 0.717) is 17.2 Å². The SMILES string of the molecule is C[C@@](CO)(NC(=O)O)C(=O)Nc1ccc(Oc2ccccc2)cc1. The van der Waals surface area contributed by atoms with Crippen molar-refractivity contribution in [3.8, 4) is 11.5 Å². The van der Waals surface area contributed by atoms with Crippen LogP contribution in [0.2, 0.25) is 0 Å². The predicted octanol–water partition coefficient (Wildman–Crippen LogP) is 2.44. The van der Waals surface area contributed by atoms with Crippen LogP contribution in [0.4, 0.5) is 10.5 Å². The van der Waals surface area contributed by atoms with Crippen molar-refractivity contribution in [1.82, 2.24) is 5.32 Å². The number of para-hydroxylation sites is 1. The molecule has 0 bridgehead atoms. The lowest BCUT2D eigenvalue weighted by atomic mass is 10.0. The van der Waals surface area contributed by atoms with Gasteiger partial charge in [-0.15, -0.1) is 0 Å². The number of aliphatic hydroxyl groups is 1. The number of aliphatic hydroxyl groups excluding tert-OH is 1. The maximum atomic E-state index is 12.1. The average Bonchev–Trinajstić information content (AvgIpc) is 2.57. The molecule has 2 aromatic rings. The standard InChI is InChI=1S/C17H18N2O5/c1-17(11-20,19-16(22)23)15(21)18-12-7-9-14(10-8-12)24-13-5-3-2-4-6-13/h2-10,19-20H,11H2,1H3,(H,18,21)(H,22,23)/t17-/m0/s1. The number of ether oxygens (including phenoxy) is 1. The van der Waals surface area contributed by atoms with Gasteiger partial charge in [0.15, 0.2) is 0 Å². The van der Waals surface area contributed by atoms with E-state index in [2.05, 4.69) is 5.32 Å². The Bertz CT molecular complexity index is 703. The van der Waals surface area contributed by atoms with Gasteiger partial charge in [-0.05, 0) is 43.3 Å². The molecule has 0 aromatic heterocycles. The number of nitrogens with one attached hydrogen (secondary N) is 2. The number of carbonyl (C=O) groups excluding carboxylic acids is 1. The largest absolute Gasteiger partial charge is 0.465 e. The van der Waals surface area contributed by atoms with Gasteiger partial charge in [-0.25, -0.2) is 4.79 Å². The van der Waals surface area contributed by atoms with Gasteiger partial charge in [-0.1, -0.05) is 18.2 Å². The summed E-state index contributed by atoms with van der Waals surface area (Å²) in [5.41, 5.74) is -1.18. The van der Waals surface area contributed by atoms with Gasteiger partial charge in [0, 0.05) is 5.69 Å². The molecule has 2 amide bonds. The Morgan fingerprint density at radius 2 is 1.62 bits per heavy atom. The van der Waals surface area contributed by atoms with Crippen molar-refractivity contribution < 1.29 is 24.5 Å². The van der Waals surface area contributed by atoms with Crippen LogP contribution in [0.3, 0.4) is 0 Å². The van der Waals surface area contributed by atoms with Gasteiger partial charge < -0.3 is 25.6 Å².